The Bertz CT molecular complexity index is 66.1. The fraction of sp³-hybridized carbons (Fsp3) is 1.00. The average molecular weight is 294 g/mol. The monoisotopic (exact) mass is 295 g/mol. The Labute approximate surface area is 98.0 Å². The molecule has 4 heteroatoms. The summed E-state index contributed by atoms with van der Waals surface area (Å²) < 4.78 is 0. The molecule has 0 unspecified atom stereocenters. The van der Waals surface area contributed by atoms with Crippen molar-refractivity contribution >= 4 is 23.5 Å². The third-order valence-electron chi connectivity index (χ3n) is 1.25. The first-order chi connectivity index (χ1) is 5.41. The summed E-state index contributed by atoms with van der Waals surface area (Å²) in [5.41, 5.74) is 0. The molecular formula is C8H19NRuS2+2. The van der Waals surface area contributed by atoms with Gasteiger partial charge in [0.25, 0.3) is 0 Å². The molecule has 0 saturated carbocycles. The van der Waals surface area contributed by atoms with E-state index in [-0.39, 0.29) is 19.5 Å². The minimum atomic E-state index is 0. The van der Waals surface area contributed by atoms with E-state index in [0.717, 1.165) is 0 Å². The van der Waals surface area contributed by atoms with Crippen molar-refractivity contribution in [1.29, 1.82) is 0 Å². The molecule has 0 heterocycles. The van der Waals surface area contributed by atoms with Crippen molar-refractivity contribution in [2.75, 3.05) is 36.1 Å². The summed E-state index contributed by atoms with van der Waals surface area (Å²) in [6, 6.07) is 0. The molecule has 1 nitrogen and oxygen atoms in total. The molecule has 0 saturated heterocycles. The zero-order chi connectivity index (χ0) is 8.36. The number of nitrogens with one attached hydrogen (secondary N) is 1. The maximum Gasteiger partial charge on any atom is 2.00 e. The average Bonchev–Trinajstić information content (AvgIpc) is 2.03. The number of rotatable bonds is 8. The second kappa shape index (κ2) is 14.8. The van der Waals surface area contributed by atoms with E-state index in [2.05, 4.69) is 19.2 Å². The SMILES string of the molecule is CCSCCNCCSCC.[Ru+2]. The summed E-state index contributed by atoms with van der Waals surface area (Å²) in [5.74, 6) is 5.00. The van der Waals surface area contributed by atoms with Crippen LogP contribution in [-0.2, 0) is 19.5 Å². The molecule has 0 atom stereocenters. The van der Waals surface area contributed by atoms with Crippen molar-refractivity contribution in [1.82, 2.24) is 5.32 Å². The molecule has 0 aliphatic heterocycles. The molecule has 0 rings (SSSR count). The van der Waals surface area contributed by atoms with Crippen molar-refractivity contribution in [2.24, 2.45) is 0 Å². The van der Waals surface area contributed by atoms with Gasteiger partial charge in [-0.05, 0) is 11.5 Å². The molecule has 74 valence electrons. The van der Waals surface area contributed by atoms with E-state index in [4.69, 9.17) is 0 Å². The second-order valence-electron chi connectivity index (χ2n) is 2.14. The van der Waals surface area contributed by atoms with Crippen LogP contribution < -0.4 is 5.32 Å². The molecule has 0 amide bonds. The van der Waals surface area contributed by atoms with Crippen molar-refractivity contribution in [3.63, 3.8) is 0 Å². The molecular weight excluding hydrogens is 275 g/mol. The molecule has 12 heavy (non-hydrogen) atoms. The normalized spacial score (nSPS) is 9.50. The van der Waals surface area contributed by atoms with E-state index in [0.29, 0.717) is 0 Å². The summed E-state index contributed by atoms with van der Waals surface area (Å²) in [7, 11) is 0. The standard InChI is InChI=1S/C8H19NS2.Ru/c1-3-10-7-5-9-6-8-11-4-2;/h9H,3-8H2,1-2H3;/q;+2. The summed E-state index contributed by atoms with van der Waals surface area (Å²) in [6.45, 7) is 6.75. The smallest absolute Gasteiger partial charge is 0.315 e. The van der Waals surface area contributed by atoms with Gasteiger partial charge in [0.05, 0.1) is 0 Å². The van der Waals surface area contributed by atoms with Crippen LogP contribution in [-0.4, -0.2) is 36.1 Å². The van der Waals surface area contributed by atoms with Gasteiger partial charge in [0.15, 0.2) is 0 Å². The summed E-state index contributed by atoms with van der Waals surface area (Å²) >= 11 is 4.01. The fourth-order valence-corrected chi connectivity index (χ4v) is 1.86. The maximum atomic E-state index is 3.41. The van der Waals surface area contributed by atoms with Gasteiger partial charge in [0.2, 0.25) is 0 Å². The third-order valence-corrected chi connectivity index (χ3v) is 3.06. The predicted molar refractivity (Wildman–Crippen MR) is 58.9 cm³/mol. The van der Waals surface area contributed by atoms with Gasteiger partial charge in [-0.2, -0.15) is 23.5 Å². The van der Waals surface area contributed by atoms with Gasteiger partial charge in [-0.15, -0.1) is 0 Å². The third kappa shape index (κ3) is 13.8. The van der Waals surface area contributed by atoms with Crippen LogP contribution >= 0.6 is 23.5 Å². The molecule has 0 aromatic rings. The number of hydrogen-bond donors (Lipinski definition) is 1. The molecule has 0 aliphatic rings. The second-order valence-corrected chi connectivity index (χ2v) is 4.93. The Kier molecular flexibility index (Phi) is 19.4. The van der Waals surface area contributed by atoms with E-state index in [1.807, 2.05) is 23.5 Å². The van der Waals surface area contributed by atoms with E-state index in [1.54, 1.807) is 0 Å². The Morgan fingerprint density at radius 1 is 0.917 bits per heavy atom. The maximum absolute atomic E-state index is 3.41. The molecule has 0 spiro atoms. The van der Waals surface area contributed by atoms with Crippen LogP contribution in [0, 0.1) is 0 Å². The van der Waals surface area contributed by atoms with Gasteiger partial charge in [-0.3, -0.25) is 0 Å². The first kappa shape index (κ1) is 15.7. The van der Waals surface area contributed by atoms with Crippen LogP contribution in [0.4, 0.5) is 0 Å². The number of thioether (sulfide) groups is 2. The fourth-order valence-electron chi connectivity index (χ4n) is 0.702. The van der Waals surface area contributed by atoms with Crippen molar-refractivity contribution in [3.05, 3.63) is 0 Å². The minimum absolute atomic E-state index is 0. The van der Waals surface area contributed by atoms with Crippen molar-refractivity contribution < 1.29 is 19.5 Å². The van der Waals surface area contributed by atoms with Crippen LogP contribution in [0.25, 0.3) is 0 Å². The molecule has 0 aromatic heterocycles. The van der Waals surface area contributed by atoms with E-state index in [9.17, 15) is 0 Å². The Morgan fingerprint density at radius 3 is 1.67 bits per heavy atom. The summed E-state index contributed by atoms with van der Waals surface area (Å²) in [5, 5.41) is 3.41. The van der Waals surface area contributed by atoms with E-state index in [1.165, 1.54) is 36.1 Å². The Balaban J connectivity index is 0. The zero-order valence-corrected chi connectivity index (χ0v) is 11.3. The van der Waals surface area contributed by atoms with Gasteiger partial charge in [0, 0.05) is 24.6 Å². The molecule has 0 aromatic carbocycles. The predicted octanol–water partition coefficient (Wildman–Crippen LogP) is 2.08. The van der Waals surface area contributed by atoms with Crippen LogP contribution in [0.15, 0.2) is 0 Å². The quantitative estimate of drug-likeness (QED) is 0.544. The Hall–Kier alpha value is 1.28. The van der Waals surface area contributed by atoms with Crippen LogP contribution in [0.1, 0.15) is 13.8 Å². The molecule has 0 radical (unpaired) electrons. The van der Waals surface area contributed by atoms with Crippen molar-refractivity contribution in [3.8, 4) is 0 Å². The van der Waals surface area contributed by atoms with E-state index < -0.39 is 0 Å². The van der Waals surface area contributed by atoms with Gasteiger partial charge in [-0.1, -0.05) is 13.8 Å². The van der Waals surface area contributed by atoms with E-state index >= 15 is 0 Å². The number of hydrogen-bond acceptors (Lipinski definition) is 3. The topological polar surface area (TPSA) is 12.0 Å². The molecule has 0 bridgehead atoms. The van der Waals surface area contributed by atoms with Crippen LogP contribution in [0.2, 0.25) is 0 Å². The minimum Gasteiger partial charge on any atom is -0.315 e. The summed E-state index contributed by atoms with van der Waals surface area (Å²) in [4.78, 5) is 0. The first-order valence-corrected chi connectivity index (χ1v) is 6.59. The zero-order valence-electron chi connectivity index (χ0n) is 7.91. The molecule has 1 N–H and O–H groups in total. The van der Waals surface area contributed by atoms with Gasteiger partial charge >= 0.3 is 19.5 Å². The van der Waals surface area contributed by atoms with Crippen molar-refractivity contribution in [2.45, 2.75) is 13.8 Å². The van der Waals surface area contributed by atoms with Gasteiger partial charge in [-0.25, -0.2) is 0 Å². The van der Waals surface area contributed by atoms with Crippen LogP contribution in [0.3, 0.4) is 0 Å². The van der Waals surface area contributed by atoms with Crippen LogP contribution in [0.5, 0.6) is 0 Å². The largest absolute Gasteiger partial charge is 2.00 e. The molecule has 0 fully saturated rings. The first-order valence-electron chi connectivity index (χ1n) is 4.28. The Morgan fingerprint density at radius 2 is 1.33 bits per heavy atom. The van der Waals surface area contributed by atoms with Gasteiger partial charge in [0.1, 0.15) is 0 Å². The molecule has 0 aliphatic carbocycles. The summed E-state index contributed by atoms with van der Waals surface area (Å²) in [6.07, 6.45) is 0. The van der Waals surface area contributed by atoms with Gasteiger partial charge < -0.3 is 5.32 Å².